The van der Waals surface area contributed by atoms with Crippen LogP contribution in [0.1, 0.15) is 22.8 Å². The molecule has 4 nitrogen and oxygen atoms in total. The average Bonchev–Trinajstić information content (AvgIpc) is 4.02. The highest BCUT2D eigenvalue weighted by molar-refractivity contribution is 5.96. The smallest absolute Gasteiger partial charge is 0.173 e. The minimum absolute atomic E-state index is 0.0808. The van der Waals surface area contributed by atoms with E-state index in [1.807, 2.05) is 6.07 Å². The fraction of sp³-hybridized carbons (Fsp3) is 0. The van der Waals surface area contributed by atoms with Gasteiger partial charge in [-0.3, -0.25) is 0 Å². The Morgan fingerprint density at radius 3 is 1.36 bits per heavy atom. The van der Waals surface area contributed by atoms with E-state index in [9.17, 15) is 0 Å². The number of para-hydroxylation sites is 1. The third-order valence-corrected chi connectivity index (χ3v) is 9.49. The molecule has 0 saturated carbocycles. The van der Waals surface area contributed by atoms with Crippen LogP contribution in [0.2, 0.25) is 0 Å². The van der Waals surface area contributed by atoms with Crippen molar-refractivity contribution in [2.75, 3.05) is 0 Å². The predicted molar refractivity (Wildman–Crippen MR) is 197 cm³/mol. The van der Waals surface area contributed by atoms with Gasteiger partial charge in [0, 0.05) is 22.4 Å². The lowest BCUT2D eigenvalue weighted by atomic mass is 9.94. The lowest BCUT2D eigenvalue weighted by Crippen LogP contribution is -2.29. The van der Waals surface area contributed by atoms with Gasteiger partial charge in [0.2, 0.25) is 0 Å². The number of rotatable bonds is 4. The molecule has 4 aromatic heterocycles. The van der Waals surface area contributed by atoms with Gasteiger partial charge in [0.05, 0.1) is 38.8 Å². The first-order valence-corrected chi connectivity index (χ1v) is 16.8. The van der Waals surface area contributed by atoms with Crippen molar-refractivity contribution in [3.63, 3.8) is 0 Å². The molecule has 0 spiro atoms. The van der Waals surface area contributed by atoms with E-state index in [-0.39, 0.29) is 61.2 Å². The molecule has 0 fully saturated rings. The first kappa shape index (κ1) is 32.1. The Morgan fingerprint density at radius 2 is 0.811 bits per heavy atom. The SMILES string of the molecule is FC1=c2ccc([nH]2)=C(F)c2[nH]c(c(-c3ccccc3)c2-c2ccccc2)C(F)=c2c(-c3ccccc3)c(F)c(n2-c2ccccc2)=C(F)c2ccc1[nH]2. The van der Waals surface area contributed by atoms with Crippen LogP contribution in [-0.4, -0.2) is 19.5 Å². The number of hydrogen-bond donors (Lipinski definition) is 3. The number of nitrogens with zero attached hydrogens (tertiary/aromatic N) is 1. The summed E-state index contributed by atoms with van der Waals surface area (Å²) in [6.45, 7) is 0. The van der Waals surface area contributed by atoms with Gasteiger partial charge in [-0.1, -0.05) is 109 Å². The van der Waals surface area contributed by atoms with E-state index < -0.39 is 34.5 Å². The molecule has 0 radical (unpaired) electrons. The van der Waals surface area contributed by atoms with Crippen molar-refractivity contribution < 1.29 is 22.0 Å². The summed E-state index contributed by atoms with van der Waals surface area (Å²) in [6, 6.07) is 39.7. The number of aromatic amines is 3. The van der Waals surface area contributed by atoms with E-state index in [4.69, 9.17) is 0 Å². The molecule has 8 aromatic rings. The third kappa shape index (κ3) is 5.19. The number of H-pyrrole nitrogens is 3. The van der Waals surface area contributed by atoms with Gasteiger partial charge in [-0.15, -0.1) is 0 Å². The fourth-order valence-corrected chi connectivity index (χ4v) is 7.09. The first-order chi connectivity index (χ1) is 25.9. The second-order valence-corrected chi connectivity index (χ2v) is 12.6. The Hall–Kier alpha value is -6.87. The maximum absolute atomic E-state index is 18.3. The zero-order chi connectivity index (χ0) is 36.2. The van der Waals surface area contributed by atoms with Crippen molar-refractivity contribution >= 4 is 23.3 Å². The number of halogens is 5. The van der Waals surface area contributed by atoms with E-state index in [0.29, 0.717) is 16.7 Å². The molecule has 0 unspecified atom stereocenters. The highest BCUT2D eigenvalue weighted by Crippen LogP contribution is 2.43. The number of nitrogens with one attached hydrogen (secondary N) is 3. The summed E-state index contributed by atoms with van der Waals surface area (Å²) in [7, 11) is 0. The van der Waals surface area contributed by atoms with Crippen LogP contribution in [0.25, 0.3) is 62.4 Å². The summed E-state index contributed by atoms with van der Waals surface area (Å²) in [5, 5.41) is -1.06. The van der Waals surface area contributed by atoms with Crippen molar-refractivity contribution in [3.05, 3.63) is 196 Å². The molecular formula is C44H27F5N4. The Kier molecular flexibility index (Phi) is 7.69. The molecule has 4 aromatic carbocycles. The minimum atomic E-state index is -1.08. The number of fused-ring (bicyclic) bond motifs is 8. The normalized spacial score (nSPS) is 12.8. The average molecular weight is 707 g/mol. The lowest BCUT2D eigenvalue weighted by Gasteiger charge is -2.11. The molecule has 8 bridgehead atoms. The summed E-state index contributed by atoms with van der Waals surface area (Å²) in [6.07, 6.45) is 0. The molecular weight excluding hydrogens is 680 g/mol. The summed E-state index contributed by atoms with van der Waals surface area (Å²) < 4.78 is 87.0. The molecule has 9 heteroatoms. The van der Waals surface area contributed by atoms with Crippen LogP contribution in [0, 0.1) is 5.82 Å². The zero-order valence-electron chi connectivity index (χ0n) is 27.7. The Balaban J connectivity index is 1.59. The quantitative estimate of drug-likeness (QED) is 0.154. The van der Waals surface area contributed by atoms with Crippen molar-refractivity contribution in [2.24, 2.45) is 0 Å². The van der Waals surface area contributed by atoms with Crippen molar-refractivity contribution in [1.82, 2.24) is 19.5 Å². The van der Waals surface area contributed by atoms with E-state index >= 15 is 22.0 Å². The number of aromatic nitrogens is 4. The number of benzene rings is 4. The third-order valence-electron chi connectivity index (χ3n) is 9.49. The van der Waals surface area contributed by atoms with Crippen LogP contribution in [0.3, 0.4) is 0 Å². The highest BCUT2D eigenvalue weighted by Gasteiger charge is 2.30. The van der Waals surface area contributed by atoms with E-state index in [2.05, 4.69) is 15.0 Å². The largest absolute Gasteiger partial charge is 0.351 e. The van der Waals surface area contributed by atoms with E-state index in [1.54, 1.807) is 115 Å². The van der Waals surface area contributed by atoms with Crippen LogP contribution in [0.4, 0.5) is 22.0 Å². The Bertz CT molecular complexity index is 2920. The summed E-state index contributed by atoms with van der Waals surface area (Å²) in [5.74, 6) is -4.73. The second-order valence-electron chi connectivity index (χ2n) is 12.6. The number of hydrogen-bond acceptors (Lipinski definition) is 0. The molecule has 0 saturated heterocycles. The van der Waals surface area contributed by atoms with Crippen LogP contribution < -0.4 is 21.4 Å². The molecule has 0 atom stereocenters. The van der Waals surface area contributed by atoms with Gasteiger partial charge in [-0.05, 0) is 53.1 Å². The standard InChI is InChI=1S/C44H27F5N4/c45-36-29-21-23-31(50-29)37(46)41-33(25-13-5-1-6-14-25)34(26-15-7-2-8-16-26)42(52-41)40(49)43-35(27-17-9-3-10-18-27)39(48)44(38(47)32-24-22-30(36)51-32)53(43)28-19-11-4-12-20-28/h1-24,50-52H. The molecule has 5 heterocycles. The van der Waals surface area contributed by atoms with Gasteiger partial charge in [0.15, 0.2) is 29.1 Å². The molecule has 258 valence electrons. The van der Waals surface area contributed by atoms with Gasteiger partial charge in [0.1, 0.15) is 5.35 Å². The van der Waals surface area contributed by atoms with Gasteiger partial charge in [-0.25, -0.2) is 22.0 Å². The van der Waals surface area contributed by atoms with Crippen LogP contribution in [0.15, 0.2) is 146 Å². The molecule has 9 rings (SSSR count). The molecule has 0 amide bonds. The Labute approximate surface area is 298 Å². The lowest BCUT2D eigenvalue weighted by molar-refractivity contribution is 0.608. The van der Waals surface area contributed by atoms with Crippen LogP contribution in [-0.2, 0) is 0 Å². The van der Waals surface area contributed by atoms with Crippen molar-refractivity contribution in [1.29, 1.82) is 0 Å². The minimum Gasteiger partial charge on any atom is -0.351 e. The van der Waals surface area contributed by atoms with Crippen molar-refractivity contribution in [2.45, 2.75) is 0 Å². The van der Waals surface area contributed by atoms with E-state index in [1.165, 1.54) is 28.8 Å². The summed E-state index contributed by atoms with van der Waals surface area (Å²) in [5.41, 5.74) is 1.35. The van der Waals surface area contributed by atoms with E-state index in [0.717, 1.165) is 0 Å². The molecule has 3 N–H and O–H groups in total. The predicted octanol–water partition coefficient (Wildman–Crippen LogP) is 8.42. The van der Waals surface area contributed by atoms with Crippen LogP contribution in [0.5, 0.6) is 0 Å². The molecule has 0 aliphatic carbocycles. The highest BCUT2D eigenvalue weighted by atomic mass is 19.1. The van der Waals surface area contributed by atoms with Gasteiger partial charge in [-0.2, -0.15) is 0 Å². The maximum atomic E-state index is 18.3. The van der Waals surface area contributed by atoms with Gasteiger partial charge >= 0.3 is 0 Å². The second kappa shape index (κ2) is 12.7. The maximum Gasteiger partial charge on any atom is 0.173 e. The first-order valence-electron chi connectivity index (χ1n) is 16.8. The summed E-state index contributed by atoms with van der Waals surface area (Å²) >= 11 is 0. The summed E-state index contributed by atoms with van der Waals surface area (Å²) in [4.78, 5) is 8.54. The fourth-order valence-electron chi connectivity index (χ4n) is 7.09. The molecule has 1 aliphatic heterocycles. The topological polar surface area (TPSA) is 52.3 Å². The zero-order valence-corrected chi connectivity index (χ0v) is 27.7. The monoisotopic (exact) mass is 706 g/mol. The molecule has 53 heavy (non-hydrogen) atoms. The Morgan fingerprint density at radius 1 is 0.358 bits per heavy atom. The van der Waals surface area contributed by atoms with Gasteiger partial charge < -0.3 is 19.5 Å². The van der Waals surface area contributed by atoms with Crippen LogP contribution >= 0.6 is 0 Å². The van der Waals surface area contributed by atoms with Gasteiger partial charge in [0.25, 0.3) is 0 Å². The van der Waals surface area contributed by atoms with Crippen molar-refractivity contribution in [3.8, 4) is 39.1 Å². The molecule has 1 aliphatic rings.